The summed E-state index contributed by atoms with van der Waals surface area (Å²) in [6.45, 7) is 4.16. The minimum atomic E-state index is -0.760. The lowest BCUT2D eigenvalue weighted by Crippen LogP contribution is -2.28. The minimum Gasteiger partial charge on any atom is -0.462 e. The Morgan fingerprint density at radius 3 is 0.957 bits per heavy atom. The van der Waals surface area contributed by atoms with Crippen molar-refractivity contribution in [2.75, 3.05) is 13.2 Å². The van der Waals surface area contributed by atoms with Crippen molar-refractivity contribution in [3.63, 3.8) is 0 Å². The Bertz CT molecular complexity index is 622. The molecule has 0 spiro atoms. The maximum absolute atomic E-state index is 12.1. The molecule has 274 valence electrons. The summed E-state index contributed by atoms with van der Waals surface area (Å²) in [7, 11) is 0. The van der Waals surface area contributed by atoms with Gasteiger partial charge in [-0.25, -0.2) is 0 Å². The maximum Gasteiger partial charge on any atom is 0.306 e. The van der Waals surface area contributed by atoms with Crippen LogP contribution in [-0.2, 0) is 19.1 Å². The Balaban J connectivity index is 3.45. The molecule has 0 rings (SSSR count). The molecule has 0 aliphatic carbocycles. The van der Waals surface area contributed by atoms with E-state index in [1.165, 1.54) is 173 Å². The molecule has 5 nitrogen and oxygen atoms in total. The zero-order valence-electron chi connectivity index (χ0n) is 31.1. The first-order valence-corrected chi connectivity index (χ1v) is 20.6. The van der Waals surface area contributed by atoms with Crippen LogP contribution in [0.15, 0.2) is 0 Å². The second-order valence-corrected chi connectivity index (χ2v) is 14.1. The molecule has 1 N–H and O–H groups in total. The van der Waals surface area contributed by atoms with E-state index >= 15 is 0 Å². The number of ether oxygens (including phenoxy) is 2. The van der Waals surface area contributed by atoms with Gasteiger partial charge in [0.25, 0.3) is 0 Å². The van der Waals surface area contributed by atoms with Gasteiger partial charge in [0.15, 0.2) is 6.10 Å². The Morgan fingerprint density at radius 2 is 0.674 bits per heavy atom. The van der Waals surface area contributed by atoms with E-state index in [1.807, 2.05) is 0 Å². The van der Waals surface area contributed by atoms with E-state index in [0.29, 0.717) is 12.8 Å². The predicted molar refractivity (Wildman–Crippen MR) is 196 cm³/mol. The second kappa shape index (κ2) is 38.3. The zero-order chi connectivity index (χ0) is 33.6. The largest absolute Gasteiger partial charge is 0.462 e. The Labute approximate surface area is 287 Å². The first-order chi connectivity index (χ1) is 22.6. The SMILES string of the molecule is CCCCCCCCCCCCCCCCCCCCCCC(=O)OC[C@H](CO)OC(=O)CCCCCCCCCCCCCC. The highest BCUT2D eigenvalue weighted by molar-refractivity contribution is 5.70. The van der Waals surface area contributed by atoms with Gasteiger partial charge in [-0.05, 0) is 12.8 Å². The van der Waals surface area contributed by atoms with Crippen LogP contribution in [0.4, 0.5) is 0 Å². The number of aliphatic hydroxyl groups excluding tert-OH is 1. The molecular formula is C41H80O5. The highest BCUT2D eigenvalue weighted by Crippen LogP contribution is 2.16. The van der Waals surface area contributed by atoms with Crippen LogP contribution in [0.25, 0.3) is 0 Å². The van der Waals surface area contributed by atoms with Crippen LogP contribution in [0.3, 0.4) is 0 Å². The first-order valence-electron chi connectivity index (χ1n) is 20.6. The molecule has 0 heterocycles. The molecule has 0 bridgehead atoms. The van der Waals surface area contributed by atoms with Gasteiger partial charge < -0.3 is 14.6 Å². The number of carbonyl (C=O) groups excluding carboxylic acids is 2. The number of unbranched alkanes of at least 4 members (excludes halogenated alkanes) is 30. The fourth-order valence-corrected chi connectivity index (χ4v) is 6.26. The topological polar surface area (TPSA) is 72.8 Å². The van der Waals surface area contributed by atoms with Crippen LogP contribution in [0.2, 0.25) is 0 Å². The van der Waals surface area contributed by atoms with Crippen molar-refractivity contribution in [3.05, 3.63) is 0 Å². The highest BCUT2D eigenvalue weighted by atomic mass is 16.6. The predicted octanol–water partition coefficient (Wildman–Crippen LogP) is 12.7. The van der Waals surface area contributed by atoms with E-state index in [9.17, 15) is 14.7 Å². The maximum atomic E-state index is 12.1. The molecule has 0 amide bonds. The minimum absolute atomic E-state index is 0.0568. The molecule has 0 aliphatic rings. The summed E-state index contributed by atoms with van der Waals surface area (Å²) in [4.78, 5) is 24.2. The fourth-order valence-electron chi connectivity index (χ4n) is 6.26. The number of rotatable bonds is 38. The number of hydrogen-bond acceptors (Lipinski definition) is 5. The normalized spacial score (nSPS) is 12.0. The summed E-state index contributed by atoms with van der Waals surface area (Å²) in [6.07, 6.45) is 41.7. The van der Waals surface area contributed by atoms with Crippen molar-refractivity contribution in [1.82, 2.24) is 0 Å². The Morgan fingerprint density at radius 1 is 0.413 bits per heavy atom. The van der Waals surface area contributed by atoms with Gasteiger partial charge in [0.05, 0.1) is 6.61 Å². The van der Waals surface area contributed by atoms with Gasteiger partial charge in [0.2, 0.25) is 0 Å². The highest BCUT2D eigenvalue weighted by Gasteiger charge is 2.16. The Kier molecular flexibility index (Phi) is 37.4. The zero-order valence-corrected chi connectivity index (χ0v) is 31.1. The van der Waals surface area contributed by atoms with Crippen LogP contribution in [0.1, 0.15) is 232 Å². The molecular weight excluding hydrogens is 572 g/mol. The van der Waals surface area contributed by atoms with Gasteiger partial charge in [-0.2, -0.15) is 0 Å². The van der Waals surface area contributed by atoms with Crippen LogP contribution in [-0.4, -0.2) is 36.4 Å². The Hall–Kier alpha value is -1.10. The third kappa shape index (κ3) is 35.7. The summed E-state index contributed by atoms with van der Waals surface area (Å²) >= 11 is 0. The van der Waals surface area contributed by atoms with E-state index in [2.05, 4.69) is 13.8 Å². The monoisotopic (exact) mass is 653 g/mol. The van der Waals surface area contributed by atoms with E-state index in [4.69, 9.17) is 9.47 Å². The second-order valence-electron chi connectivity index (χ2n) is 14.1. The van der Waals surface area contributed by atoms with E-state index in [0.717, 1.165) is 32.1 Å². The van der Waals surface area contributed by atoms with Gasteiger partial charge in [0.1, 0.15) is 6.61 Å². The summed E-state index contributed by atoms with van der Waals surface area (Å²) in [5.74, 6) is -0.575. The van der Waals surface area contributed by atoms with E-state index in [-0.39, 0.29) is 25.2 Å². The van der Waals surface area contributed by atoms with Crippen molar-refractivity contribution in [2.24, 2.45) is 0 Å². The average Bonchev–Trinajstić information content (AvgIpc) is 3.06. The molecule has 1 atom stereocenters. The number of hydrogen-bond donors (Lipinski definition) is 1. The van der Waals surface area contributed by atoms with Gasteiger partial charge in [-0.15, -0.1) is 0 Å². The third-order valence-electron chi connectivity index (χ3n) is 9.40. The molecule has 0 radical (unpaired) electrons. The quantitative estimate of drug-likeness (QED) is 0.0531. The molecule has 0 fully saturated rings. The summed E-state index contributed by atoms with van der Waals surface area (Å²) < 4.78 is 10.6. The fraction of sp³-hybridized carbons (Fsp3) is 0.951. The van der Waals surface area contributed by atoms with Crippen molar-refractivity contribution in [1.29, 1.82) is 0 Å². The standard InChI is InChI=1S/C41H80O5/c1-3-5-7-9-11-13-15-17-18-19-20-21-22-23-24-26-27-29-31-33-35-40(43)45-38-39(37-42)46-41(44)36-34-32-30-28-25-16-14-12-10-8-6-4-2/h39,42H,3-38H2,1-2H3/t39-/m0/s1. The van der Waals surface area contributed by atoms with Crippen molar-refractivity contribution >= 4 is 11.9 Å². The number of aliphatic hydroxyl groups is 1. The van der Waals surface area contributed by atoms with Crippen molar-refractivity contribution in [2.45, 2.75) is 238 Å². The van der Waals surface area contributed by atoms with Crippen LogP contribution in [0, 0.1) is 0 Å². The van der Waals surface area contributed by atoms with Gasteiger partial charge in [-0.3, -0.25) is 9.59 Å². The third-order valence-corrected chi connectivity index (χ3v) is 9.40. The van der Waals surface area contributed by atoms with Crippen LogP contribution >= 0.6 is 0 Å². The average molecular weight is 653 g/mol. The molecule has 0 aromatic carbocycles. The molecule has 0 aromatic rings. The van der Waals surface area contributed by atoms with Gasteiger partial charge in [0, 0.05) is 12.8 Å². The lowest BCUT2D eigenvalue weighted by atomic mass is 10.0. The smallest absolute Gasteiger partial charge is 0.306 e. The van der Waals surface area contributed by atoms with Crippen LogP contribution in [0.5, 0.6) is 0 Å². The van der Waals surface area contributed by atoms with Gasteiger partial charge >= 0.3 is 11.9 Å². The number of carbonyl (C=O) groups is 2. The molecule has 5 heteroatoms. The van der Waals surface area contributed by atoms with Gasteiger partial charge in [-0.1, -0.05) is 206 Å². The first kappa shape index (κ1) is 44.9. The molecule has 0 unspecified atom stereocenters. The van der Waals surface area contributed by atoms with E-state index in [1.54, 1.807) is 0 Å². The number of esters is 2. The molecule has 0 saturated heterocycles. The molecule has 46 heavy (non-hydrogen) atoms. The molecule has 0 saturated carbocycles. The van der Waals surface area contributed by atoms with E-state index < -0.39 is 6.10 Å². The van der Waals surface area contributed by atoms with Crippen molar-refractivity contribution in [3.8, 4) is 0 Å². The van der Waals surface area contributed by atoms with Crippen LogP contribution < -0.4 is 0 Å². The van der Waals surface area contributed by atoms with Crippen molar-refractivity contribution < 1.29 is 24.2 Å². The molecule has 0 aliphatic heterocycles. The lowest BCUT2D eigenvalue weighted by molar-refractivity contribution is -0.161. The lowest BCUT2D eigenvalue weighted by Gasteiger charge is -2.15. The summed E-state index contributed by atoms with van der Waals surface area (Å²) in [6, 6.07) is 0. The summed E-state index contributed by atoms with van der Waals surface area (Å²) in [5.41, 5.74) is 0. The summed E-state index contributed by atoms with van der Waals surface area (Å²) in [5, 5.41) is 9.54. The molecule has 0 aromatic heterocycles.